The van der Waals surface area contributed by atoms with Crippen LogP contribution in [0.25, 0.3) is 6.08 Å². The van der Waals surface area contributed by atoms with E-state index in [1.807, 2.05) is 0 Å². The van der Waals surface area contributed by atoms with Crippen molar-refractivity contribution in [2.24, 2.45) is 0 Å². The van der Waals surface area contributed by atoms with Gasteiger partial charge in [0.15, 0.2) is 15.8 Å². The van der Waals surface area contributed by atoms with Gasteiger partial charge in [0.25, 0.3) is 5.91 Å². The molecule has 0 radical (unpaired) electrons. The van der Waals surface area contributed by atoms with Crippen molar-refractivity contribution in [3.63, 3.8) is 0 Å². The highest BCUT2D eigenvalue weighted by atomic mass is 32.2. The van der Waals surface area contributed by atoms with E-state index in [4.69, 9.17) is 21.7 Å². The lowest BCUT2D eigenvalue weighted by molar-refractivity contribution is -0.113. The summed E-state index contributed by atoms with van der Waals surface area (Å²) in [7, 11) is 1.46. The van der Waals surface area contributed by atoms with E-state index in [0.717, 1.165) is 0 Å². The molecule has 0 atom stereocenters. The van der Waals surface area contributed by atoms with Gasteiger partial charge in [-0.2, -0.15) is 0 Å². The molecule has 0 aromatic heterocycles. The molecule has 8 heteroatoms. The van der Waals surface area contributed by atoms with Crippen LogP contribution in [-0.4, -0.2) is 35.0 Å². The van der Waals surface area contributed by atoms with Crippen LogP contribution in [0.5, 0.6) is 11.5 Å². The normalized spacial score (nSPS) is 15.2. The average molecular weight is 415 g/mol. The fourth-order valence-corrected chi connectivity index (χ4v) is 3.89. The summed E-state index contributed by atoms with van der Waals surface area (Å²) >= 11 is 6.54. The van der Waals surface area contributed by atoms with E-state index in [1.165, 1.54) is 29.8 Å². The maximum absolute atomic E-state index is 12.8. The van der Waals surface area contributed by atoms with Crippen molar-refractivity contribution < 1.29 is 24.2 Å². The second-order valence-corrected chi connectivity index (χ2v) is 7.39. The standard InChI is InChI=1S/C20H17NO5S2/c1-3-26-19(24)13-5-7-14(8-6-13)21-18(23)17(28-20(21)27)11-12-4-9-15(22)16(10-12)25-2/h4-11,22H,3H2,1-2H3/b17-11-. The number of phenols is 1. The molecule has 1 N–H and O–H groups in total. The number of benzene rings is 2. The van der Waals surface area contributed by atoms with Crippen LogP contribution in [0.3, 0.4) is 0 Å². The lowest BCUT2D eigenvalue weighted by atomic mass is 10.1. The Balaban J connectivity index is 1.84. The third-order valence-corrected chi connectivity index (χ3v) is 5.23. The van der Waals surface area contributed by atoms with Gasteiger partial charge in [-0.25, -0.2) is 4.79 Å². The van der Waals surface area contributed by atoms with Crippen LogP contribution < -0.4 is 9.64 Å². The molecule has 1 amide bonds. The molecule has 3 rings (SSSR count). The summed E-state index contributed by atoms with van der Waals surface area (Å²) in [5.74, 6) is -0.334. The van der Waals surface area contributed by atoms with Crippen molar-refractivity contribution in [2.45, 2.75) is 6.92 Å². The van der Waals surface area contributed by atoms with Gasteiger partial charge in [-0.15, -0.1) is 0 Å². The van der Waals surface area contributed by atoms with Crippen LogP contribution in [0.4, 0.5) is 5.69 Å². The molecule has 1 fully saturated rings. The summed E-state index contributed by atoms with van der Waals surface area (Å²) in [5, 5.41) is 9.70. The first-order chi connectivity index (χ1) is 13.4. The number of ether oxygens (including phenoxy) is 2. The summed E-state index contributed by atoms with van der Waals surface area (Å²) in [6.07, 6.45) is 1.69. The molecule has 1 heterocycles. The molecule has 0 aliphatic carbocycles. The second-order valence-electron chi connectivity index (χ2n) is 5.72. The Labute approximate surface area is 171 Å². The van der Waals surface area contributed by atoms with Gasteiger partial charge >= 0.3 is 5.97 Å². The van der Waals surface area contributed by atoms with Crippen LogP contribution in [0, 0.1) is 0 Å². The molecule has 1 saturated heterocycles. The molecule has 0 saturated carbocycles. The van der Waals surface area contributed by atoms with E-state index in [2.05, 4.69) is 0 Å². The van der Waals surface area contributed by atoms with E-state index < -0.39 is 5.97 Å². The maximum atomic E-state index is 12.8. The van der Waals surface area contributed by atoms with Crippen LogP contribution in [0.1, 0.15) is 22.8 Å². The SMILES string of the molecule is CCOC(=O)c1ccc(N2C(=O)/C(=C/c3ccc(O)c(OC)c3)SC2=S)cc1. The van der Waals surface area contributed by atoms with Crippen molar-refractivity contribution in [3.05, 3.63) is 58.5 Å². The molecule has 0 unspecified atom stereocenters. The number of amides is 1. The zero-order chi connectivity index (χ0) is 20.3. The number of aromatic hydroxyl groups is 1. The Morgan fingerprint density at radius 2 is 1.96 bits per heavy atom. The van der Waals surface area contributed by atoms with Crippen LogP contribution in [0.15, 0.2) is 47.4 Å². The third-order valence-electron chi connectivity index (χ3n) is 3.93. The monoisotopic (exact) mass is 415 g/mol. The predicted octanol–water partition coefficient (Wildman–Crippen LogP) is 3.98. The van der Waals surface area contributed by atoms with Crippen LogP contribution in [0.2, 0.25) is 0 Å². The van der Waals surface area contributed by atoms with E-state index in [1.54, 1.807) is 49.4 Å². The molecule has 0 spiro atoms. The van der Waals surface area contributed by atoms with Crippen molar-refractivity contribution in [1.29, 1.82) is 0 Å². The molecule has 1 aliphatic rings. The average Bonchev–Trinajstić information content (AvgIpc) is 2.96. The Hall–Kier alpha value is -2.84. The lowest BCUT2D eigenvalue weighted by Gasteiger charge is -2.14. The highest BCUT2D eigenvalue weighted by Gasteiger charge is 2.33. The summed E-state index contributed by atoms with van der Waals surface area (Å²) in [4.78, 5) is 26.5. The van der Waals surface area contributed by atoms with E-state index in [-0.39, 0.29) is 11.7 Å². The molecule has 2 aromatic rings. The van der Waals surface area contributed by atoms with Gasteiger partial charge in [0, 0.05) is 0 Å². The highest BCUT2D eigenvalue weighted by molar-refractivity contribution is 8.27. The number of thioether (sulfide) groups is 1. The number of anilines is 1. The highest BCUT2D eigenvalue weighted by Crippen LogP contribution is 2.37. The van der Waals surface area contributed by atoms with Crippen molar-refractivity contribution >= 4 is 51.9 Å². The summed E-state index contributed by atoms with van der Waals surface area (Å²) in [5.41, 5.74) is 1.68. The van der Waals surface area contributed by atoms with Gasteiger partial charge in [-0.05, 0) is 55.0 Å². The molecule has 28 heavy (non-hydrogen) atoms. The maximum Gasteiger partial charge on any atom is 0.338 e. The lowest BCUT2D eigenvalue weighted by Crippen LogP contribution is -2.27. The Morgan fingerprint density at radius 3 is 2.61 bits per heavy atom. The van der Waals surface area contributed by atoms with Crippen molar-refractivity contribution in [3.8, 4) is 11.5 Å². The number of hydrogen-bond acceptors (Lipinski definition) is 7. The predicted molar refractivity (Wildman–Crippen MR) is 113 cm³/mol. The fraction of sp³-hybridized carbons (Fsp3) is 0.150. The van der Waals surface area contributed by atoms with Gasteiger partial charge in [-0.1, -0.05) is 30.0 Å². The van der Waals surface area contributed by atoms with E-state index in [0.29, 0.717) is 38.4 Å². The molecule has 144 valence electrons. The summed E-state index contributed by atoms with van der Waals surface area (Å²) in [6.45, 7) is 2.03. The molecule has 2 aromatic carbocycles. The smallest absolute Gasteiger partial charge is 0.338 e. The molecule has 6 nitrogen and oxygen atoms in total. The van der Waals surface area contributed by atoms with Crippen molar-refractivity contribution in [1.82, 2.24) is 0 Å². The Morgan fingerprint density at radius 1 is 1.25 bits per heavy atom. The quantitative estimate of drug-likeness (QED) is 0.450. The van der Waals surface area contributed by atoms with Gasteiger partial charge in [-0.3, -0.25) is 9.69 Å². The number of rotatable bonds is 5. The summed E-state index contributed by atoms with van der Waals surface area (Å²) in [6, 6.07) is 11.3. The first kappa shape index (κ1) is 19.9. The number of thiocarbonyl (C=S) groups is 1. The Kier molecular flexibility index (Phi) is 6.01. The zero-order valence-electron chi connectivity index (χ0n) is 15.2. The molecular weight excluding hydrogens is 398 g/mol. The van der Waals surface area contributed by atoms with Crippen LogP contribution in [-0.2, 0) is 9.53 Å². The largest absolute Gasteiger partial charge is 0.504 e. The minimum atomic E-state index is -0.416. The summed E-state index contributed by atoms with van der Waals surface area (Å²) < 4.78 is 10.4. The molecule has 0 bridgehead atoms. The number of phenolic OH excluding ortho intramolecular Hbond substituents is 1. The van der Waals surface area contributed by atoms with Gasteiger partial charge in [0.05, 0.1) is 29.9 Å². The second kappa shape index (κ2) is 8.45. The van der Waals surface area contributed by atoms with Crippen molar-refractivity contribution in [2.75, 3.05) is 18.6 Å². The van der Waals surface area contributed by atoms with Gasteiger partial charge < -0.3 is 14.6 Å². The molecular formula is C20H17NO5S2. The first-order valence-corrected chi connectivity index (χ1v) is 9.59. The number of methoxy groups -OCH3 is 1. The van der Waals surface area contributed by atoms with E-state index >= 15 is 0 Å². The number of hydrogen-bond donors (Lipinski definition) is 1. The number of nitrogens with zero attached hydrogens (tertiary/aromatic N) is 1. The Bertz CT molecular complexity index is 969. The molecule has 1 aliphatic heterocycles. The van der Waals surface area contributed by atoms with Crippen LogP contribution >= 0.6 is 24.0 Å². The first-order valence-electron chi connectivity index (χ1n) is 8.36. The number of carbonyl (C=O) groups is 2. The zero-order valence-corrected chi connectivity index (χ0v) is 16.8. The number of carbonyl (C=O) groups excluding carboxylic acids is 2. The topological polar surface area (TPSA) is 76.1 Å². The fourth-order valence-electron chi connectivity index (χ4n) is 2.59. The van der Waals surface area contributed by atoms with Gasteiger partial charge in [0.2, 0.25) is 0 Å². The number of esters is 1. The third kappa shape index (κ3) is 4.02. The minimum Gasteiger partial charge on any atom is -0.504 e. The van der Waals surface area contributed by atoms with E-state index in [9.17, 15) is 14.7 Å². The van der Waals surface area contributed by atoms with Gasteiger partial charge in [0.1, 0.15) is 0 Å². The minimum absolute atomic E-state index is 0.0221.